The summed E-state index contributed by atoms with van der Waals surface area (Å²) in [6, 6.07) is 1.76. The van der Waals surface area contributed by atoms with Crippen LogP contribution in [0.3, 0.4) is 0 Å². The van der Waals surface area contributed by atoms with Gasteiger partial charge in [-0.2, -0.15) is 0 Å². The minimum absolute atomic E-state index is 0.0105. The molecule has 1 fully saturated rings. The molecule has 18 heavy (non-hydrogen) atoms. The molecule has 0 aliphatic carbocycles. The lowest BCUT2D eigenvalue weighted by Gasteiger charge is -2.31. The van der Waals surface area contributed by atoms with E-state index in [4.69, 9.17) is 10.5 Å². The Morgan fingerprint density at radius 2 is 2.39 bits per heavy atom. The summed E-state index contributed by atoms with van der Waals surface area (Å²) >= 11 is 0. The van der Waals surface area contributed by atoms with Crippen molar-refractivity contribution in [1.82, 2.24) is 4.98 Å². The van der Waals surface area contributed by atoms with Crippen molar-refractivity contribution in [3.8, 4) is 0 Å². The number of hydrogen-bond acceptors (Lipinski definition) is 4. The van der Waals surface area contributed by atoms with Gasteiger partial charge < -0.3 is 15.4 Å². The van der Waals surface area contributed by atoms with Crippen LogP contribution in [0.1, 0.15) is 13.3 Å². The molecule has 2 unspecified atom stereocenters. The molecular weight excluding hydrogens is 230 g/mol. The third kappa shape index (κ3) is 2.46. The third-order valence-electron chi connectivity index (χ3n) is 3.48. The van der Waals surface area contributed by atoms with E-state index in [9.17, 15) is 4.79 Å². The molecule has 0 saturated carbocycles. The summed E-state index contributed by atoms with van der Waals surface area (Å²) in [6.45, 7) is 3.35. The first kappa shape index (κ1) is 12.8. The lowest BCUT2D eigenvalue weighted by atomic mass is 9.88. The van der Waals surface area contributed by atoms with Gasteiger partial charge in [0.05, 0.1) is 17.6 Å². The zero-order valence-electron chi connectivity index (χ0n) is 10.8. The Labute approximate surface area is 107 Å². The van der Waals surface area contributed by atoms with Crippen molar-refractivity contribution in [2.24, 2.45) is 11.8 Å². The molecule has 1 aliphatic rings. The van der Waals surface area contributed by atoms with E-state index in [-0.39, 0.29) is 17.7 Å². The van der Waals surface area contributed by atoms with E-state index in [0.29, 0.717) is 24.6 Å². The van der Waals surface area contributed by atoms with Crippen LogP contribution < -0.4 is 10.6 Å². The second kappa shape index (κ2) is 5.35. The summed E-state index contributed by atoms with van der Waals surface area (Å²) < 4.78 is 5.37. The molecule has 1 aliphatic heterocycles. The lowest BCUT2D eigenvalue weighted by molar-refractivity contribution is -0.127. The maximum absolute atomic E-state index is 12.5. The van der Waals surface area contributed by atoms with Gasteiger partial charge in [-0.3, -0.25) is 9.78 Å². The van der Waals surface area contributed by atoms with Crippen LogP contribution in [0.15, 0.2) is 18.5 Å². The number of carbonyl (C=O) groups excluding carboxylic acids is 1. The SMILES string of the molecule is CC1COCCC1C(=O)N(C)c1ccncc1N. The lowest BCUT2D eigenvalue weighted by Crippen LogP contribution is -2.40. The number of amides is 1. The number of aromatic nitrogens is 1. The van der Waals surface area contributed by atoms with Crippen LogP contribution in [0.5, 0.6) is 0 Å². The Bertz CT molecular complexity index is 436. The van der Waals surface area contributed by atoms with Gasteiger partial charge in [-0.15, -0.1) is 0 Å². The number of nitrogen functional groups attached to an aromatic ring is 1. The number of rotatable bonds is 2. The predicted molar refractivity (Wildman–Crippen MR) is 70.1 cm³/mol. The zero-order chi connectivity index (χ0) is 13.1. The highest BCUT2D eigenvalue weighted by atomic mass is 16.5. The molecule has 98 valence electrons. The summed E-state index contributed by atoms with van der Waals surface area (Å²) in [6.07, 6.45) is 3.98. The number of hydrogen-bond donors (Lipinski definition) is 1. The van der Waals surface area contributed by atoms with Gasteiger partial charge in [0.2, 0.25) is 5.91 Å². The molecule has 0 aromatic carbocycles. The first-order valence-electron chi connectivity index (χ1n) is 6.16. The molecule has 1 aromatic heterocycles. The molecule has 2 atom stereocenters. The molecule has 0 bridgehead atoms. The van der Waals surface area contributed by atoms with Crippen LogP contribution in [-0.4, -0.2) is 31.2 Å². The summed E-state index contributed by atoms with van der Waals surface area (Å²) in [5.74, 6) is 0.358. The molecule has 1 amide bonds. The Morgan fingerprint density at radius 3 is 3.06 bits per heavy atom. The predicted octanol–water partition coefficient (Wildman–Crippen LogP) is 1.30. The summed E-state index contributed by atoms with van der Waals surface area (Å²) in [7, 11) is 1.76. The standard InChI is InChI=1S/C13H19N3O2/c1-9-8-18-6-4-10(9)13(17)16(2)12-3-5-15-7-11(12)14/h3,5,7,9-10H,4,6,8,14H2,1-2H3. The van der Waals surface area contributed by atoms with Crippen molar-refractivity contribution in [2.45, 2.75) is 13.3 Å². The second-order valence-corrected chi connectivity index (χ2v) is 4.78. The summed E-state index contributed by atoms with van der Waals surface area (Å²) in [5.41, 5.74) is 7.08. The Balaban J connectivity index is 2.16. The van der Waals surface area contributed by atoms with E-state index in [1.807, 2.05) is 6.92 Å². The molecule has 0 spiro atoms. The summed E-state index contributed by atoms with van der Waals surface area (Å²) in [4.78, 5) is 18.0. The van der Waals surface area contributed by atoms with E-state index in [1.54, 1.807) is 30.4 Å². The molecule has 1 aromatic rings. The normalized spacial score (nSPS) is 23.7. The third-order valence-corrected chi connectivity index (χ3v) is 3.48. The van der Waals surface area contributed by atoms with Gasteiger partial charge in [-0.25, -0.2) is 0 Å². The topological polar surface area (TPSA) is 68.5 Å². The molecule has 5 heteroatoms. The van der Waals surface area contributed by atoms with E-state index in [0.717, 1.165) is 6.42 Å². The number of anilines is 2. The van der Waals surface area contributed by atoms with E-state index in [1.165, 1.54) is 0 Å². The number of nitrogens with two attached hydrogens (primary N) is 1. The smallest absolute Gasteiger partial charge is 0.230 e. The van der Waals surface area contributed by atoms with Gasteiger partial charge in [0.1, 0.15) is 0 Å². The highest BCUT2D eigenvalue weighted by Gasteiger charge is 2.31. The van der Waals surface area contributed by atoms with E-state index < -0.39 is 0 Å². The molecule has 0 radical (unpaired) electrons. The zero-order valence-corrected chi connectivity index (χ0v) is 10.8. The average molecular weight is 249 g/mol. The molecule has 2 rings (SSSR count). The van der Waals surface area contributed by atoms with Crippen molar-refractivity contribution < 1.29 is 9.53 Å². The van der Waals surface area contributed by atoms with Gasteiger partial charge in [0.15, 0.2) is 0 Å². The number of ether oxygens (including phenoxy) is 1. The highest BCUT2D eigenvalue weighted by Crippen LogP contribution is 2.27. The Kier molecular flexibility index (Phi) is 3.81. The number of nitrogens with zero attached hydrogens (tertiary/aromatic N) is 2. The maximum atomic E-state index is 12.5. The minimum atomic E-state index is 0.0105. The van der Waals surface area contributed by atoms with Gasteiger partial charge in [-0.05, 0) is 18.4 Å². The van der Waals surface area contributed by atoms with Gasteiger partial charge in [-0.1, -0.05) is 6.92 Å². The van der Waals surface area contributed by atoms with Crippen LogP contribution >= 0.6 is 0 Å². The number of carbonyl (C=O) groups is 1. The molecule has 1 saturated heterocycles. The van der Waals surface area contributed by atoms with Crippen LogP contribution in [-0.2, 0) is 9.53 Å². The summed E-state index contributed by atoms with van der Waals surface area (Å²) in [5, 5.41) is 0. The first-order valence-corrected chi connectivity index (χ1v) is 6.16. The van der Waals surface area contributed by atoms with E-state index in [2.05, 4.69) is 4.98 Å². The van der Waals surface area contributed by atoms with Crippen LogP contribution in [0.4, 0.5) is 11.4 Å². The van der Waals surface area contributed by atoms with Gasteiger partial charge in [0, 0.05) is 32.4 Å². The monoisotopic (exact) mass is 249 g/mol. The van der Waals surface area contributed by atoms with Crippen molar-refractivity contribution in [1.29, 1.82) is 0 Å². The fourth-order valence-electron chi connectivity index (χ4n) is 2.32. The van der Waals surface area contributed by atoms with Gasteiger partial charge >= 0.3 is 0 Å². The average Bonchev–Trinajstić information content (AvgIpc) is 2.38. The quantitative estimate of drug-likeness (QED) is 0.857. The number of pyridine rings is 1. The van der Waals surface area contributed by atoms with Gasteiger partial charge in [0.25, 0.3) is 0 Å². The van der Waals surface area contributed by atoms with Crippen LogP contribution in [0.2, 0.25) is 0 Å². The Morgan fingerprint density at radius 1 is 1.61 bits per heavy atom. The van der Waals surface area contributed by atoms with Crippen molar-refractivity contribution >= 4 is 17.3 Å². The maximum Gasteiger partial charge on any atom is 0.230 e. The second-order valence-electron chi connectivity index (χ2n) is 4.78. The first-order chi connectivity index (χ1) is 8.61. The minimum Gasteiger partial charge on any atom is -0.396 e. The molecule has 2 N–H and O–H groups in total. The molecule has 5 nitrogen and oxygen atoms in total. The van der Waals surface area contributed by atoms with Crippen LogP contribution in [0.25, 0.3) is 0 Å². The fraction of sp³-hybridized carbons (Fsp3) is 0.538. The molecule has 2 heterocycles. The van der Waals surface area contributed by atoms with Crippen molar-refractivity contribution in [3.05, 3.63) is 18.5 Å². The van der Waals surface area contributed by atoms with Crippen LogP contribution in [0, 0.1) is 11.8 Å². The fourth-order valence-corrected chi connectivity index (χ4v) is 2.32. The Hall–Kier alpha value is -1.62. The molecular formula is C13H19N3O2. The highest BCUT2D eigenvalue weighted by molar-refractivity contribution is 5.97. The largest absolute Gasteiger partial charge is 0.396 e. The van der Waals surface area contributed by atoms with Crippen molar-refractivity contribution in [2.75, 3.05) is 30.9 Å². The van der Waals surface area contributed by atoms with E-state index >= 15 is 0 Å². The van der Waals surface area contributed by atoms with Crippen molar-refractivity contribution in [3.63, 3.8) is 0 Å².